The van der Waals surface area contributed by atoms with E-state index in [0.717, 1.165) is 6.42 Å². The first kappa shape index (κ1) is 20.9. The minimum Gasteiger partial charge on any atom is -0.490 e. The molecule has 2 N–H and O–H groups in total. The van der Waals surface area contributed by atoms with E-state index >= 15 is 0 Å². The number of nitrogens with two attached hydrogens (primary N) is 1. The fraction of sp³-hybridized carbons (Fsp3) is 0.238. The summed E-state index contributed by atoms with van der Waals surface area (Å²) in [6, 6.07) is 10.0. The highest BCUT2D eigenvalue weighted by molar-refractivity contribution is 8.93. The van der Waals surface area contributed by atoms with Gasteiger partial charge in [-0.05, 0) is 36.8 Å². The lowest BCUT2D eigenvalue weighted by Gasteiger charge is -2.11. The maximum absolute atomic E-state index is 13.1. The van der Waals surface area contributed by atoms with Crippen LogP contribution in [0.3, 0.4) is 0 Å². The molecule has 0 amide bonds. The predicted octanol–water partition coefficient (Wildman–Crippen LogP) is 3.37. The van der Waals surface area contributed by atoms with Gasteiger partial charge in [-0.3, -0.25) is 9.59 Å². The third-order valence-electron chi connectivity index (χ3n) is 4.47. The van der Waals surface area contributed by atoms with Gasteiger partial charge in [0, 0.05) is 12.5 Å². The van der Waals surface area contributed by atoms with Crippen LogP contribution in [0.25, 0.3) is 22.1 Å². The maximum Gasteiger partial charge on any atom is 0.325 e. The van der Waals surface area contributed by atoms with Gasteiger partial charge in [0.05, 0.1) is 30.7 Å². The summed E-state index contributed by atoms with van der Waals surface area (Å²) in [4.78, 5) is 24.5. The summed E-state index contributed by atoms with van der Waals surface area (Å²) in [5.74, 6) is 1.43. The first-order chi connectivity index (χ1) is 13.6. The summed E-state index contributed by atoms with van der Waals surface area (Å²) in [6.07, 6.45) is 0.804. The van der Waals surface area contributed by atoms with Crippen LogP contribution in [0, 0.1) is 6.92 Å². The molecule has 0 bridgehead atoms. The molecule has 0 spiro atoms. The number of fused-ring (bicyclic) bond motifs is 2. The molecule has 1 aromatic heterocycles. The van der Waals surface area contributed by atoms with Gasteiger partial charge in [-0.1, -0.05) is 6.07 Å². The van der Waals surface area contributed by atoms with Gasteiger partial charge in [-0.15, -0.1) is 17.0 Å². The fourth-order valence-electron chi connectivity index (χ4n) is 3.17. The number of ether oxygens (including phenoxy) is 3. The quantitative estimate of drug-likeness (QED) is 0.471. The lowest BCUT2D eigenvalue weighted by molar-refractivity contribution is -0.132. The molecule has 1 aliphatic rings. The van der Waals surface area contributed by atoms with Gasteiger partial charge >= 0.3 is 5.97 Å². The van der Waals surface area contributed by atoms with Gasteiger partial charge in [-0.25, -0.2) is 0 Å². The number of hydrogen-bond acceptors (Lipinski definition) is 7. The smallest absolute Gasteiger partial charge is 0.325 e. The van der Waals surface area contributed by atoms with Crippen molar-refractivity contribution in [3.63, 3.8) is 0 Å². The third kappa shape index (κ3) is 4.13. The van der Waals surface area contributed by atoms with Crippen LogP contribution in [-0.4, -0.2) is 25.7 Å². The van der Waals surface area contributed by atoms with Crippen molar-refractivity contribution in [3.8, 4) is 28.4 Å². The lowest BCUT2D eigenvalue weighted by atomic mass is 10.0. The van der Waals surface area contributed by atoms with E-state index in [0.29, 0.717) is 52.6 Å². The molecule has 0 saturated carbocycles. The SMILES string of the molecule is Br.Cc1oc2cc(OC(=O)CN)ccc2c(=O)c1-c1ccc2c(c1)OCCCO2. The van der Waals surface area contributed by atoms with E-state index in [1.165, 1.54) is 6.07 Å². The lowest BCUT2D eigenvalue weighted by Crippen LogP contribution is -2.19. The van der Waals surface area contributed by atoms with Crippen molar-refractivity contribution >= 4 is 33.9 Å². The number of benzene rings is 2. The highest BCUT2D eigenvalue weighted by Gasteiger charge is 2.18. The zero-order chi connectivity index (χ0) is 19.7. The Morgan fingerprint density at radius 2 is 1.86 bits per heavy atom. The summed E-state index contributed by atoms with van der Waals surface area (Å²) in [5.41, 5.74) is 6.56. The van der Waals surface area contributed by atoms with E-state index in [1.807, 2.05) is 6.07 Å². The van der Waals surface area contributed by atoms with Gasteiger partial charge in [0.2, 0.25) is 5.43 Å². The molecule has 3 aromatic rings. The Balaban J connectivity index is 0.00000240. The van der Waals surface area contributed by atoms with Crippen LogP contribution in [0.2, 0.25) is 0 Å². The molecule has 152 valence electrons. The topological polar surface area (TPSA) is 101 Å². The van der Waals surface area contributed by atoms with Crippen LogP contribution >= 0.6 is 17.0 Å². The molecule has 2 heterocycles. The molecule has 7 nitrogen and oxygen atoms in total. The summed E-state index contributed by atoms with van der Waals surface area (Å²) in [5, 5.41) is 0.389. The molecule has 8 heteroatoms. The van der Waals surface area contributed by atoms with Crippen molar-refractivity contribution in [3.05, 3.63) is 52.4 Å². The second-order valence-corrected chi connectivity index (χ2v) is 6.41. The summed E-state index contributed by atoms with van der Waals surface area (Å²) in [7, 11) is 0. The van der Waals surface area contributed by atoms with Crippen LogP contribution in [0.5, 0.6) is 17.2 Å². The average molecular weight is 462 g/mol. The second-order valence-electron chi connectivity index (χ2n) is 6.41. The number of carbonyl (C=O) groups excluding carboxylic acids is 1. The van der Waals surface area contributed by atoms with Gasteiger partial charge in [0.15, 0.2) is 11.5 Å². The summed E-state index contributed by atoms with van der Waals surface area (Å²) < 4.78 is 22.3. The number of carbonyl (C=O) groups is 1. The second kappa shape index (κ2) is 8.67. The number of esters is 1. The molecule has 29 heavy (non-hydrogen) atoms. The number of hydrogen-bond donors (Lipinski definition) is 1. The Bertz CT molecular complexity index is 1120. The van der Waals surface area contributed by atoms with E-state index in [1.54, 1.807) is 31.2 Å². The van der Waals surface area contributed by atoms with Crippen molar-refractivity contribution < 1.29 is 23.4 Å². The Morgan fingerprint density at radius 3 is 2.62 bits per heavy atom. The number of aryl methyl sites for hydroxylation is 1. The van der Waals surface area contributed by atoms with E-state index < -0.39 is 5.97 Å². The van der Waals surface area contributed by atoms with Crippen LogP contribution in [0.1, 0.15) is 12.2 Å². The van der Waals surface area contributed by atoms with Crippen LogP contribution in [0.15, 0.2) is 45.6 Å². The zero-order valence-corrected chi connectivity index (χ0v) is 17.4. The number of halogens is 1. The molecule has 0 saturated heterocycles. The molecule has 0 radical (unpaired) electrons. The van der Waals surface area contributed by atoms with Gasteiger partial charge in [0.25, 0.3) is 0 Å². The van der Waals surface area contributed by atoms with Gasteiger partial charge < -0.3 is 24.4 Å². The molecule has 0 aliphatic carbocycles. The van der Waals surface area contributed by atoms with Gasteiger partial charge in [0.1, 0.15) is 17.1 Å². The molecular weight excluding hydrogens is 442 g/mol. The highest BCUT2D eigenvalue weighted by atomic mass is 79.9. The Kier molecular flexibility index (Phi) is 6.24. The standard InChI is InChI=1S/C21H19NO6.BrH/c1-12-20(13-3-6-16-18(9-13)26-8-2-7-25-16)21(24)15-5-4-14(10-17(15)27-12)28-19(23)11-22;/h3-6,9-10H,2,7-8,11,22H2,1H3;1H. The fourth-order valence-corrected chi connectivity index (χ4v) is 3.17. The Labute approximate surface area is 177 Å². The largest absolute Gasteiger partial charge is 0.490 e. The monoisotopic (exact) mass is 461 g/mol. The summed E-state index contributed by atoms with van der Waals surface area (Å²) in [6.45, 7) is 2.65. The minimum absolute atomic E-state index is 0. The van der Waals surface area contributed by atoms with Crippen LogP contribution in [0.4, 0.5) is 0 Å². The minimum atomic E-state index is -0.567. The van der Waals surface area contributed by atoms with Crippen LogP contribution < -0.4 is 25.4 Å². The Morgan fingerprint density at radius 1 is 1.10 bits per heavy atom. The van der Waals surface area contributed by atoms with E-state index in [4.69, 9.17) is 24.4 Å². The van der Waals surface area contributed by atoms with Crippen molar-refractivity contribution in [1.29, 1.82) is 0 Å². The third-order valence-corrected chi connectivity index (χ3v) is 4.47. The molecular formula is C21H20BrNO6. The molecule has 0 fully saturated rings. The molecule has 4 rings (SSSR count). The predicted molar refractivity (Wildman–Crippen MR) is 113 cm³/mol. The Hall–Kier alpha value is -2.84. The maximum atomic E-state index is 13.1. The van der Waals surface area contributed by atoms with Crippen molar-refractivity contribution in [2.75, 3.05) is 19.8 Å². The van der Waals surface area contributed by atoms with Crippen molar-refractivity contribution in [1.82, 2.24) is 0 Å². The van der Waals surface area contributed by atoms with Crippen LogP contribution in [-0.2, 0) is 4.79 Å². The summed E-state index contributed by atoms with van der Waals surface area (Å²) >= 11 is 0. The van der Waals surface area contributed by atoms with E-state index in [2.05, 4.69) is 0 Å². The first-order valence-electron chi connectivity index (χ1n) is 8.95. The molecule has 1 aliphatic heterocycles. The van der Waals surface area contributed by atoms with Crippen molar-refractivity contribution in [2.45, 2.75) is 13.3 Å². The van der Waals surface area contributed by atoms with Crippen molar-refractivity contribution in [2.24, 2.45) is 5.73 Å². The van der Waals surface area contributed by atoms with E-state index in [-0.39, 0.29) is 34.7 Å². The first-order valence-corrected chi connectivity index (χ1v) is 8.95. The molecule has 2 aromatic carbocycles. The zero-order valence-electron chi connectivity index (χ0n) is 15.7. The molecule has 0 unspecified atom stereocenters. The highest BCUT2D eigenvalue weighted by Crippen LogP contribution is 2.35. The van der Waals surface area contributed by atoms with E-state index in [9.17, 15) is 9.59 Å². The normalized spacial score (nSPS) is 12.8. The molecule has 0 atom stereocenters. The number of rotatable bonds is 3. The van der Waals surface area contributed by atoms with Gasteiger partial charge in [-0.2, -0.15) is 0 Å². The average Bonchev–Trinajstić information content (AvgIpc) is 2.92.